The predicted molar refractivity (Wildman–Crippen MR) is 64.6 cm³/mol. The first kappa shape index (κ1) is 10.9. The second kappa shape index (κ2) is 4.49. The summed E-state index contributed by atoms with van der Waals surface area (Å²) in [5.41, 5.74) is 1.17. The maximum atomic E-state index is 12.0. The summed E-state index contributed by atoms with van der Waals surface area (Å²) in [6.45, 7) is 2.56. The lowest BCUT2D eigenvalue weighted by Crippen LogP contribution is -2.21. The molecule has 0 fully saturated rings. The summed E-state index contributed by atoms with van der Waals surface area (Å²) in [6, 6.07) is 7.10. The molecule has 16 heavy (non-hydrogen) atoms. The third-order valence-electron chi connectivity index (χ3n) is 2.37. The number of aryl methyl sites for hydroxylation is 1. The van der Waals surface area contributed by atoms with Crippen molar-refractivity contribution in [1.82, 2.24) is 9.55 Å². The lowest BCUT2D eigenvalue weighted by molar-refractivity contribution is 0.720. The van der Waals surface area contributed by atoms with Gasteiger partial charge in [0.15, 0.2) is 0 Å². The van der Waals surface area contributed by atoms with Crippen LogP contribution in [0.3, 0.4) is 0 Å². The van der Waals surface area contributed by atoms with Crippen LogP contribution in [-0.2, 0) is 6.54 Å². The predicted octanol–water partition coefficient (Wildman–Crippen LogP) is 2.58. The number of benzene rings is 1. The minimum Gasteiger partial charge on any atom is -0.312 e. The van der Waals surface area contributed by atoms with E-state index in [4.69, 9.17) is 11.6 Å². The van der Waals surface area contributed by atoms with Crippen molar-refractivity contribution in [2.75, 3.05) is 0 Å². The van der Waals surface area contributed by atoms with E-state index in [9.17, 15) is 4.79 Å². The summed E-state index contributed by atoms with van der Waals surface area (Å²) in [4.78, 5) is 16.1. The maximum Gasteiger partial charge on any atom is 0.277 e. The highest BCUT2D eigenvalue weighted by atomic mass is 35.5. The summed E-state index contributed by atoms with van der Waals surface area (Å²) in [6.07, 6.45) is 3.32. The van der Waals surface area contributed by atoms with Crippen molar-refractivity contribution in [3.8, 4) is 11.3 Å². The van der Waals surface area contributed by atoms with Crippen LogP contribution >= 0.6 is 11.6 Å². The summed E-state index contributed by atoms with van der Waals surface area (Å²) in [7, 11) is 0. The molecule has 3 nitrogen and oxygen atoms in total. The number of rotatable bonds is 2. The van der Waals surface area contributed by atoms with Gasteiger partial charge in [-0.2, -0.15) is 0 Å². The fourth-order valence-electron chi connectivity index (χ4n) is 1.50. The van der Waals surface area contributed by atoms with Gasteiger partial charge in [0.1, 0.15) is 5.69 Å². The van der Waals surface area contributed by atoms with Crippen molar-refractivity contribution in [2.45, 2.75) is 13.5 Å². The normalized spacial score (nSPS) is 10.4. The van der Waals surface area contributed by atoms with Crippen LogP contribution in [0.2, 0.25) is 5.02 Å². The molecule has 1 aromatic carbocycles. The molecule has 0 bridgehead atoms. The van der Waals surface area contributed by atoms with Crippen molar-refractivity contribution in [1.29, 1.82) is 0 Å². The molecule has 0 saturated heterocycles. The Hall–Kier alpha value is -1.61. The lowest BCUT2D eigenvalue weighted by Gasteiger charge is -2.04. The second-order valence-corrected chi connectivity index (χ2v) is 3.81. The Morgan fingerprint density at radius 3 is 2.62 bits per heavy atom. The van der Waals surface area contributed by atoms with Gasteiger partial charge in [-0.25, -0.2) is 4.98 Å². The van der Waals surface area contributed by atoms with Gasteiger partial charge in [0, 0.05) is 29.5 Å². The largest absolute Gasteiger partial charge is 0.312 e. The van der Waals surface area contributed by atoms with Gasteiger partial charge in [-0.15, -0.1) is 0 Å². The van der Waals surface area contributed by atoms with Crippen LogP contribution < -0.4 is 5.56 Å². The molecular formula is C12H11ClN2O. The Balaban J connectivity index is 2.56. The van der Waals surface area contributed by atoms with Crippen molar-refractivity contribution in [3.63, 3.8) is 0 Å². The standard InChI is InChI=1S/C12H11ClN2O/c1-2-15-8-7-14-11(12(15)16)9-3-5-10(13)6-4-9/h3-8H,2H2,1H3. The Morgan fingerprint density at radius 1 is 1.31 bits per heavy atom. The van der Waals surface area contributed by atoms with Crippen molar-refractivity contribution >= 4 is 11.6 Å². The first-order valence-electron chi connectivity index (χ1n) is 5.03. The summed E-state index contributed by atoms with van der Waals surface area (Å²) >= 11 is 5.79. The third kappa shape index (κ3) is 1.99. The van der Waals surface area contributed by atoms with Crippen LogP contribution in [-0.4, -0.2) is 9.55 Å². The highest BCUT2D eigenvalue weighted by Gasteiger charge is 2.06. The van der Waals surface area contributed by atoms with E-state index in [2.05, 4.69) is 4.98 Å². The second-order valence-electron chi connectivity index (χ2n) is 3.37. The highest BCUT2D eigenvalue weighted by molar-refractivity contribution is 6.30. The van der Waals surface area contributed by atoms with Crippen molar-refractivity contribution in [3.05, 3.63) is 52.0 Å². The fourth-order valence-corrected chi connectivity index (χ4v) is 1.63. The number of hydrogen-bond acceptors (Lipinski definition) is 2. The quantitative estimate of drug-likeness (QED) is 0.801. The minimum atomic E-state index is -0.0766. The highest BCUT2D eigenvalue weighted by Crippen LogP contribution is 2.16. The van der Waals surface area contributed by atoms with Crippen LogP contribution in [0, 0.1) is 0 Å². The average Bonchev–Trinajstić information content (AvgIpc) is 2.31. The third-order valence-corrected chi connectivity index (χ3v) is 2.62. The molecule has 0 aliphatic carbocycles. The SMILES string of the molecule is CCn1ccnc(-c2ccc(Cl)cc2)c1=O. The average molecular weight is 235 g/mol. The molecule has 0 unspecified atom stereocenters. The van der Waals surface area contributed by atoms with Gasteiger partial charge in [-0.3, -0.25) is 4.79 Å². The van der Waals surface area contributed by atoms with Gasteiger partial charge in [-0.05, 0) is 19.1 Å². The first-order valence-corrected chi connectivity index (χ1v) is 5.41. The molecule has 2 rings (SSSR count). The van der Waals surface area contributed by atoms with Crippen molar-refractivity contribution < 1.29 is 0 Å². The zero-order chi connectivity index (χ0) is 11.5. The van der Waals surface area contributed by atoms with Crippen molar-refractivity contribution in [2.24, 2.45) is 0 Å². The molecule has 0 amide bonds. The van der Waals surface area contributed by atoms with E-state index >= 15 is 0 Å². The van der Waals surface area contributed by atoms with Gasteiger partial charge in [0.05, 0.1) is 0 Å². The van der Waals surface area contributed by atoms with E-state index in [1.54, 1.807) is 41.2 Å². The van der Waals surface area contributed by atoms with E-state index in [-0.39, 0.29) is 5.56 Å². The van der Waals surface area contributed by atoms with E-state index < -0.39 is 0 Å². The number of hydrogen-bond donors (Lipinski definition) is 0. The molecule has 0 atom stereocenters. The summed E-state index contributed by atoms with van der Waals surface area (Å²) in [5.74, 6) is 0. The molecule has 0 N–H and O–H groups in total. The van der Waals surface area contributed by atoms with Crippen LogP contribution in [0.5, 0.6) is 0 Å². The first-order chi connectivity index (χ1) is 7.72. The molecule has 0 aliphatic rings. The molecule has 0 saturated carbocycles. The molecule has 1 heterocycles. The summed E-state index contributed by atoms with van der Waals surface area (Å²) in [5, 5.41) is 0.649. The van der Waals surface area contributed by atoms with Gasteiger partial charge >= 0.3 is 0 Å². The fraction of sp³-hybridized carbons (Fsp3) is 0.167. The van der Waals surface area contributed by atoms with Gasteiger partial charge in [0.25, 0.3) is 5.56 Å². The molecular weight excluding hydrogens is 224 g/mol. The van der Waals surface area contributed by atoms with Crippen LogP contribution in [0.4, 0.5) is 0 Å². The number of nitrogens with zero attached hydrogens (tertiary/aromatic N) is 2. The zero-order valence-corrected chi connectivity index (χ0v) is 9.61. The number of aromatic nitrogens is 2. The van der Waals surface area contributed by atoms with Gasteiger partial charge < -0.3 is 4.57 Å². The Bertz CT molecular complexity index is 546. The van der Waals surface area contributed by atoms with Gasteiger partial charge in [0.2, 0.25) is 0 Å². The maximum absolute atomic E-state index is 12.0. The van der Waals surface area contributed by atoms with E-state index in [1.807, 2.05) is 6.92 Å². The van der Waals surface area contributed by atoms with Crippen LogP contribution in [0.15, 0.2) is 41.5 Å². The Labute approximate surface area is 98.3 Å². The van der Waals surface area contributed by atoms with Crippen LogP contribution in [0.25, 0.3) is 11.3 Å². The molecule has 0 spiro atoms. The zero-order valence-electron chi connectivity index (χ0n) is 8.85. The van der Waals surface area contributed by atoms with E-state index in [0.717, 1.165) is 5.56 Å². The molecule has 0 aliphatic heterocycles. The summed E-state index contributed by atoms with van der Waals surface area (Å²) < 4.78 is 1.62. The minimum absolute atomic E-state index is 0.0766. The molecule has 1 aromatic heterocycles. The monoisotopic (exact) mass is 234 g/mol. The Morgan fingerprint density at radius 2 is 2.00 bits per heavy atom. The molecule has 0 radical (unpaired) electrons. The smallest absolute Gasteiger partial charge is 0.277 e. The topological polar surface area (TPSA) is 34.9 Å². The lowest BCUT2D eigenvalue weighted by atomic mass is 10.1. The molecule has 4 heteroatoms. The van der Waals surface area contributed by atoms with E-state index in [1.165, 1.54) is 0 Å². The number of halogens is 1. The van der Waals surface area contributed by atoms with Crippen LogP contribution in [0.1, 0.15) is 6.92 Å². The van der Waals surface area contributed by atoms with E-state index in [0.29, 0.717) is 17.3 Å². The van der Waals surface area contributed by atoms with Gasteiger partial charge in [-0.1, -0.05) is 23.7 Å². The molecule has 82 valence electrons. The molecule has 2 aromatic rings. The Kier molecular flexibility index (Phi) is 3.06.